The molecule has 8 heteroatoms. The minimum atomic E-state index is -1.13. The Morgan fingerprint density at radius 3 is 2.33 bits per heavy atom. The van der Waals surface area contributed by atoms with Gasteiger partial charge in [-0.15, -0.1) is 0 Å². The van der Waals surface area contributed by atoms with E-state index in [1.54, 1.807) is 6.34 Å². The molecule has 7 nitrogen and oxygen atoms in total. The Labute approximate surface area is 243 Å². The van der Waals surface area contributed by atoms with Gasteiger partial charge in [0.05, 0.1) is 26.6 Å². The van der Waals surface area contributed by atoms with Crippen molar-refractivity contribution in [2.45, 2.75) is 82.5 Å². The van der Waals surface area contributed by atoms with Crippen LogP contribution in [0.25, 0.3) is 0 Å². The van der Waals surface area contributed by atoms with Crippen molar-refractivity contribution < 1.29 is 19.1 Å². The van der Waals surface area contributed by atoms with Crippen LogP contribution in [0.3, 0.4) is 0 Å². The second kappa shape index (κ2) is 13.1. The summed E-state index contributed by atoms with van der Waals surface area (Å²) in [4.78, 5) is 32.4. The van der Waals surface area contributed by atoms with E-state index in [2.05, 4.69) is 36.2 Å². The monoisotopic (exact) mass is 567 g/mol. The standard InChI is InChI=1S/C32H42ClN3O4/c1-31(2,35-27-16-14-26(33)15-17-27)25-12-10-23(11-13-25)20-28-32(30(38)40-4,19-18-29(37)39-3)34-22-36(28)21-24-8-6-5-7-9-24/h5-9,14-17,22-23,25,28,35H,10-13,18-21H2,1-4H3. The fourth-order valence-corrected chi connectivity index (χ4v) is 6.56. The number of aliphatic imine (C=N–C) groups is 1. The van der Waals surface area contributed by atoms with Crippen LogP contribution in [-0.2, 0) is 25.6 Å². The topological polar surface area (TPSA) is 80.2 Å². The summed E-state index contributed by atoms with van der Waals surface area (Å²) in [6.07, 6.45) is 7.29. The Kier molecular flexibility index (Phi) is 9.77. The van der Waals surface area contributed by atoms with Crippen LogP contribution in [0.2, 0.25) is 5.02 Å². The van der Waals surface area contributed by atoms with E-state index >= 15 is 0 Å². The van der Waals surface area contributed by atoms with Crippen molar-refractivity contribution in [3.05, 3.63) is 65.2 Å². The molecule has 2 atom stereocenters. The maximum atomic E-state index is 13.3. The van der Waals surface area contributed by atoms with Crippen molar-refractivity contribution in [1.29, 1.82) is 0 Å². The summed E-state index contributed by atoms with van der Waals surface area (Å²) in [6, 6.07) is 17.9. The quantitative estimate of drug-likeness (QED) is 0.312. The number of rotatable bonds is 11. The zero-order valence-electron chi connectivity index (χ0n) is 24.1. The maximum absolute atomic E-state index is 13.3. The summed E-state index contributed by atoms with van der Waals surface area (Å²) in [6.45, 7) is 5.18. The first-order chi connectivity index (χ1) is 19.2. The van der Waals surface area contributed by atoms with Crippen molar-refractivity contribution in [3.8, 4) is 0 Å². The molecule has 0 bridgehead atoms. The van der Waals surface area contributed by atoms with E-state index in [0.29, 0.717) is 18.4 Å². The molecule has 0 spiro atoms. The molecular weight excluding hydrogens is 526 g/mol. The zero-order valence-corrected chi connectivity index (χ0v) is 24.8. The lowest BCUT2D eigenvalue weighted by Crippen LogP contribution is -2.53. The third kappa shape index (κ3) is 6.98. The molecule has 0 saturated heterocycles. The predicted octanol–water partition coefficient (Wildman–Crippen LogP) is 6.50. The normalized spacial score (nSPS) is 24.5. The van der Waals surface area contributed by atoms with Gasteiger partial charge < -0.3 is 19.7 Å². The molecule has 2 aromatic rings. The number of carbonyl (C=O) groups excluding carboxylic acids is 2. The second-order valence-corrected chi connectivity index (χ2v) is 12.2. The van der Waals surface area contributed by atoms with Gasteiger partial charge in [-0.2, -0.15) is 0 Å². The second-order valence-electron chi connectivity index (χ2n) is 11.7. The van der Waals surface area contributed by atoms with Crippen LogP contribution in [-0.4, -0.2) is 54.5 Å². The average molecular weight is 568 g/mol. The highest BCUT2D eigenvalue weighted by Crippen LogP contribution is 2.43. The van der Waals surface area contributed by atoms with E-state index in [1.807, 2.05) is 42.5 Å². The van der Waals surface area contributed by atoms with Crippen LogP contribution in [0.15, 0.2) is 59.6 Å². The van der Waals surface area contributed by atoms with Crippen LogP contribution in [0.1, 0.15) is 64.4 Å². The number of hydrogen-bond acceptors (Lipinski definition) is 7. The van der Waals surface area contributed by atoms with Crippen molar-refractivity contribution in [2.24, 2.45) is 16.8 Å². The number of halogens is 1. The molecule has 0 amide bonds. The Morgan fingerprint density at radius 2 is 1.70 bits per heavy atom. The van der Waals surface area contributed by atoms with E-state index in [-0.39, 0.29) is 30.4 Å². The highest BCUT2D eigenvalue weighted by Gasteiger charge is 2.53. The zero-order chi connectivity index (χ0) is 28.8. The molecule has 2 aromatic carbocycles. The number of benzene rings is 2. The molecule has 2 aliphatic rings. The molecule has 216 valence electrons. The van der Waals surface area contributed by atoms with Gasteiger partial charge in [-0.1, -0.05) is 54.8 Å². The Bertz CT molecular complexity index is 1160. The third-order valence-corrected chi connectivity index (χ3v) is 9.06. The van der Waals surface area contributed by atoms with Crippen molar-refractivity contribution in [3.63, 3.8) is 0 Å². The lowest BCUT2D eigenvalue weighted by Gasteiger charge is -2.43. The largest absolute Gasteiger partial charge is 0.469 e. The van der Waals surface area contributed by atoms with Crippen LogP contribution in [0, 0.1) is 11.8 Å². The lowest BCUT2D eigenvalue weighted by atomic mass is 9.70. The summed E-state index contributed by atoms with van der Waals surface area (Å²) >= 11 is 6.07. The van der Waals surface area contributed by atoms with Crippen molar-refractivity contribution in [1.82, 2.24) is 4.90 Å². The summed E-state index contributed by atoms with van der Waals surface area (Å²) in [5.74, 6) is 0.212. The third-order valence-electron chi connectivity index (χ3n) is 8.81. The van der Waals surface area contributed by atoms with Crippen LogP contribution < -0.4 is 5.32 Å². The van der Waals surface area contributed by atoms with E-state index in [9.17, 15) is 9.59 Å². The number of nitrogens with one attached hydrogen (secondary N) is 1. The first-order valence-corrected chi connectivity index (χ1v) is 14.6. The first-order valence-electron chi connectivity index (χ1n) is 14.2. The molecule has 2 unspecified atom stereocenters. The number of ether oxygens (including phenoxy) is 2. The van der Waals surface area contributed by atoms with Crippen molar-refractivity contribution >= 4 is 35.6 Å². The Hall–Kier alpha value is -3.06. The maximum Gasteiger partial charge on any atom is 0.335 e. The van der Waals surface area contributed by atoms with Crippen LogP contribution in [0.5, 0.6) is 0 Å². The Morgan fingerprint density at radius 1 is 1.02 bits per heavy atom. The number of carbonyl (C=O) groups is 2. The molecular formula is C32H42ClN3O4. The van der Waals surface area contributed by atoms with Gasteiger partial charge in [-0.25, -0.2) is 4.79 Å². The van der Waals surface area contributed by atoms with Gasteiger partial charge >= 0.3 is 11.9 Å². The summed E-state index contributed by atoms with van der Waals surface area (Å²) in [5.41, 5.74) is 1.02. The first kappa shape index (κ1) is 29.9. The SMILES string of the molecule is COC(=O)CCC1(C(=O)OC)N=CN(Cc2ccccc2)C1CC1CCC(C(C)(C)Nc2ccc(Cl)cc2)CC1. The summed E-state index contributed by atoms with van der Waals surface area (Å²) < 4.78 is 10.2. The molecule has 1 aliphatic heterocycles. The number of anilines is 1. The summed E-state index contributed by atoms with van der Waals surface area (Å²) in [5, 5.41) is 4.45. The van der Waals surface area contributed by atoms with Crippen LogP contribution in [0.4, 0.5) is 5.69 Å². The number of esters is 2. The van der Waals surface area contributed by atoms with Gasteiger partial charge in [-0.3, -0.25) is 9.79 Å². The molecule has 40 heavy (non-hydrogen) atoms. The molecule has 1 heterocycles. The number of nitrogens with zero attached hydrogens (tertiary/aromatic N) is 2. The van der Waals surface area contributed by atoms with Gasteiger partial charge in [-0.05, 0) is 81.2 Å². The van der Waals surface area contributed by atoms with Crippen molar-refractivity contribution in [2.75, 3.05) is 19.5 Å². The van der Waals surface area contributed by atoms with Gasteiger partial charge in [0.2, 0.25) is 0 Å². The van der Waals surface area contributed by atoms with Crippen LogP contribution >= 0.6 is 11.6 Å². The Balaban J connectivity index is 1.48. The molecule has 0 aromatic heterocycles. The summed E-state index contributed by atoms with van der Waals surface area (Å²) in [7, 11) is 2.77. The molecule has 4 rings (SSSR count). The van der Waals surface area contributed by atoms with Gasteiger partial charge in [0.25, 0.3) is 0 Å². The van der Waals surface area contributed by atoms with E-state index < -0.39 is 11.5 Å². The smallest absolute Gasteiger partial charge is 0.335 e. The highest BCUT2D eigenvalue weighted by atomic mass is 35.5. The van der Waals surface area contributed by atoms with E-state index in [4.69, 9.17) is 26.1 Å². The molecule has 0 radical (unpaired) electrons. The molecule has 1 fully saturated rings. The van der Waals surface area contributed by atoms with Gasteiger partial charge in [0, 0.05) is 29.2 Å². The average Bonchev–Trinajstić information content (AvgIpc) is 3.30. The molecule has 1 aliphatic carbocycles. The molecule has 1 N–H and O–H groups in total. The van der Waals surface area contributed by atoms with E-state index in [0.717, 1.165) is 48.4 Å². The fourth-order valence-electron chi connectivity index (χ4n) is 6.43. The van der Waals surface area contributed by atoms with Gasteiger partial charge in [0.1, 0.15) is 0 Å². The predicted molar refractivity (Wildman–Crippen MR) is 159 cm³/mol. The van der Waals surface area contributed by atoms with E-state index in [1.165, 1.54) is 14.2 Å². The fraction of sp³-hybridized carbons (Fsp3) is 0.531. The minimum absolute atomic E-state index is 0.0646. The number of methoxy groups -OCH3 is 2. The highest BCUT2D eigenvalue weighted by molar-refractivity contribution is 6.30. The van der Waals surface area contributed by atoms with Gasteiger partial charge in [0.15, 0.2) is 5.54 Å². The number of hydrogen-bond donors (Lipinski definition) is 1. The lowest BCUT2D eigenvalue weighted by molar-refractivity contribution is -0.150. The minimum Gasteiger partial charge on any atom is -0.469 e. The molecule has 1 saturated carbocycles.